The Morgan fingerprint density at radius 1 is 1.64 bits per heavy atom. The highest BCUT2D eigenvalue weighted by molar-refractivity contribution is 9.10. The molecule has 1 aromatic heterocycles. The van der Waals surface area contributed by atoms with Gasteiger partial charge in [-0.15, -0.1) is 0 Å². The highest BCUT2D eigenvalue weighted by Gasteiger charge is 2.30. The molecule has 1 aliphatic rings. The summed E-state index contributed by atoms with van der Waals surface area (Å²) in [6.45, 7) is 0. The molecule has 2 rings (SSSR count). The lowest BCUT2D eigenvalue weighted by molar-refractivity contribution is 0.112. The molecule has 2 nitrogen and oxygen atoms in total. The molecule has 1 aromatic rings. The first-order valence-corrected chi connectivity index (χ1v) is 4.34. The lowest BCUT2D eigenvalue weighted by Crippen LogP contribution is -1.83. The minimum atomic E-state index is 0.559. The van der Waals surface area contributed by atoms with Crippen molar-refractivity contribution >= 4 is 22.2 Å². The first kappa shape index (κ1) is 7.10. The molecule has 1 aliphatic carbocycles. The number of carbonyl (C=O) groups is 1. The molecular weight excluding hydrogens is 208 g/mol. The van der Waals surface area contributed by atoms with Crippen molar-refractivity contribution in [1.82, 2.24) is 0 Å². The summed E-state index contributed by atoms with van der Waals surface area (Å²) in [5, 5.41) is 0. The van der Waals surface area contributed by atoms with Gasteiger partial charge in [0, 0.05) is 5.56 Å². The second-order valence-corrected chi connectivity index (χ2v) is 3.49. The fourth-order valence-corrected chi connectivity index (χ4v) is 1.86. The SMILES string of the molecule is O=Cc1coc(Br)c1C1CC1. The van der Waals surface area contributed by atoms with Gasteiger partial charge in [-0.3, -0.25) is 4.79 Å². The third-order valence-corrected chi connectivity index (χ3v) is 2.54. The van der Waals surface area contributed by atoms with E-state index in [0.29, 0.717) is 11.5 Å². The molecule has 0 amide bonds. The molecular formula is C8H7BrO2. The minimum Gasteiger partial charge on any atom is -0.457 e. The van der Waals surface area contributed by atoms with Crippen LogP contribution in [0.2, 0.25) is 0 Å². The second kappa shape index (κ2) is 2.48. The lowest BCUT2D eigenvalue weighted by atomic mass is 10.1. The van der Waals surface area contributed by atoms with Crippen molar-refractivity contribution in [3.63, 3.8) is 0 Å². The van der Waals surface area contributed by atoms with Gasteiger partial charge in [0.1, 0.15) is 6.26 Å². The maximum atomic E-state index is 10.5. The predicted molar refractivity (Wildman–Crippen MR) is 43.8 cm³/mol. The topological polar surface area (TPSA) is 30.2 Å². The molecule has 1 fully saturated rings. The van der Waals surface area contributed by atoms with E-state index in [1.807, 2.05) is 0 Å². The van der Waals surface area contributed by atoms with Crippen molar-refractivity contribution in [2.24, 2.45) is 0 Å². The third-order valence-electron chi connectivity index (χ3n) is 1.92. The Hall–Kier alpha value is -0.570. The van der Waals surface area contributed by atoms with Gasteiger partial charge in [-0.25, -0.2) is 0 Å². The van der Waals surface area contributed by atoms with Crippen molar-refractivity contribution in [2.75, 3.05) is 0 Å². The van der Waals surface area contributed by atoms with Crippen molar-refractivity contribution in [2.45, 2.75) is 18.8 Å². The average molecular weight is 215 g/mol. The number of carbonyl (C=O) groups excluding carboxylic acids is 1. The van der Waals surface area contributed by atoms with Crippen molar-refractivity contribution in [3.05, 3.63) is 22.1 Å². The van der Waals surface area contributed by atoms with Gasteiger partial charge >= 0.3 is 0 Å². The van der Waals surface area contributed by atoms with Crippen LogP contribution in [-0.4, -0.2) is 6.29 Å². The molecule has 0 saturated heterocycles. The van der Waals surface area contributed by atoms with Crippen LogP contribution >= 0.6 is 15.9 Å². The Bertz CT molecular complexity index is 286. The van der Waals surface area contributed by atoms with Crippen LogP contribution in [0.5, 0.6) is 0 Å². The van der Waals surface area contributed by atoms with E-state index in [1.54, 1.807) is 0 Å². The van der Waals surface area contributed by atoms with E-state index in [0.717, 1.165) is 16.5 Å². The maximum absolute atomic E-state index is 10.5. The molecule has 0 radical (unpaired) electrons. The highest BCUT2D eigenvalue weighted by atomic mass is 79.9. The Kier molecular flexibility index (Phi) is 1.60. The molecule has 3 heteroatoms. The normalized spacial score (nSPS) is 16.8. The van der Waals surface area contributed by atoms with Crippen LogP contribution < -0.4 is 0 Å². The zero-order valence-corrected chi connectivity index (χ0v) is 7.43. The molecule has 0 atom stereocenters. The Morgan fingerprint density at radius 2 is 2.36 bits per heavy atom. The summed E-state index contributed by atoms with van der Waals surface area (Å²) in [5.74, 6) is 0.559. The number of rotatable bonds is 2. The van der Waals surface area contributed by atoms with E-state index >= 15 is 0 Å². The largest absolute Gasteiger partial charge is 0.457 e. The summed E-state index contributed by atoms with van der Waals surface area (Å²) in [5.41, 5.74) is 1.75. The van der Waals surface area contributed by atoms with Gasteiger partial charge < -0.3 is 4.42 Å². The molecule has 0 aliphatic heterocycles. The number of hydrogen-bond acceptors (Lipinski definition) is 2. The van der Waals surface area contributed by atoms with Crippen molar-refractivity contribution in [3.8, 4) is 0 Å². The Labute approximate surface area is 72.7 Å². The van der Waals surface area contributed by atoms with E-state index < -0.39 is 0 Å². The average Bonchev–Trinajstić information content (AvgIpc) is 2.76. The quantitative estimate of drug-likeness (QED) is 0.710. The van der Waals surface area contributed by atoms with Crippen LogP contribution in [-0.2, 0) is 0 Å². The zero-order chi connectivity index (χ0) is 7.84. The lowest BCUT2D eigenvalue weighted by Gasteiger charge is -1.91. The van der Waals surface area contributed by atoms with Gasteiger partial charge in [0.05, 0.1) is 5.56 Å². The molecule has 0 aromatic carbocycles. The molecule has 1 heterocycles. The molecule has 0 bridgehead atoms. The molecule has 11 heavy (non-hydrogen) atoms. The molecule has 0 unspecified atom stereocenters. The van der Waals surface area contributed by atoms with E-state index in [1.165, 1.54) is 19.1 Å². The Balaban J connectivity index is 2.46. The Morgan fingerprint density at radius 3 is 2.91 bits per heavy atom. The minimum absolute atomic E-state index is 0.559. The summed E-state index contributed by atoms with van der Waals surface area (Å²) in [4.78, 5) is 10.5. The molecule has 0 N–H and O–H groups in total. The summed E-state index contributed by atoms with van der Waals surface area (Å²) < 4.78 is 5.80. The first-order valence-electron chi connectivity index (χ1n) is 3.55. The van der Waals surface area contributed by atoms with Crippen LogP contribution in [0.15, 0.2) is 15.3 Å². The first-order chi connectivity index (χ1) is 5.33. The zero-order valence-electron chi connectivity index (χ0n) is 5.84. The van der Waals surface area contributed by atoms with E-state index in [9.17, 15) is 4.79 Å². The smallest absolute Gasteiger partial charge is 0.173 e. The summed E-state index contributed by atoms with van der Waals surface area (Å²) >= 11 is 3.27. The molecule has 1 saturated carbocycles. The van der Waals surface area contributed by atoms with Crippen LogP contribution in [0, 0.1) is 0 Å². The summed E-state index contributed by atoms with van der Waals surface area (Å²) in [7, 11) is 0. The van der Waals surface area contributed by atoms with Gasteiger partial charge in [0.25, 0.3) is 0 Å². The van der Waals surface area contributed by atoms with Gasteiger partial charge in [0.15, 0.2) is 11.0 Å². The van der Waals surface area contributed by atoms with Crippen molar-refractivity contribution < 1.29 is 9.21 Å². The highest BCUT2D eigenvalue weighted by Crippen LogP contribution is 2.45. The second-order valence-electron chi connectivity index (χ2n) is 2.77. The monoisotopic (exact) mass is 214 g/mol. The van der Waals surface area contributed by atoms with Crippen LogP contribution in [0.4, 0.5) is 0 Å². The standard InChI is InChI=1S/C8H7BrO2/c9-8-7(5-1-2-5)6(3-10)4-11-8/h3-5H,1-2H2. The van der Waals surface area contributed by atoms with E-state index in [-0.39, 0.29) is 0 Å². The van der Waals surface area contributed by atoms with E-state index in [2.05, 4.69) is 15.9 Å². The van der Waals surface area contributed by atoms with Crippen LogP contribution in [0.3, 0.4) is 0 Å². The number of furan rings is 1. The number of hydrogen-bond donors (Lipinski definition) is 0. The predicted octanol–water partition coefficient (Wildman–Crippen LogP) is 2.73. The van der Waals surface area contributed by atoms with E-state index in [4.69, 9.17) is 4.42 Å². The van der Waals surface area contributed by atoms with Gasteiger partial charge in [0.2, 0.25) is 0 Å². The third kappa shape index (κ3) is 1.13. The van der Waals surface area contributed by atoms with Crippen molar-refractivity contribution in [1.29, 1.82) is 0 Å². The molecule has 58 valence electrons. The van der Waals surface area contributed by atoms with Crippen LogP contribution in [0.1, 0.15) is 34.7 Å². The molecule has 0 spiro atoms. The number of aldehydes is 1. The van der Waals surface area contributed by atoms with Crippen LogP contribution in [0.25, 0.3) is 0 Å². The fourth-order valence-electron chi connectivity index (χ4n) is 1.22. The van der Waals surface area contributed by atoms with Gasteiger partial charge in [-0.1, -0.05) is 0 Å². The van der Waals surface area contributed by atoms with Gasteiger partial charge in [-0.2, -0.15) is 0 Å². The summed E-state index contributed by atoms with van der Waals surface area (Å²) in [6, 6.07) is 0. The number of halogens is 1. The maximum Gasteiger partial charge on any atom is 0.173 e. The summed E-state index contributed by atoms with van der Waals surface area (Å²) in [6.07, 6.45) is 4.71. The van der Waals surface area contributed by atoms with Gasteiger partial charge in [-0.05, 0) is 34.7 Å². The fraction of sp³-hybridized carbons (Fsp3) is 0.375.